The van der Waals surface area contributed by atoms with Crippen LogP contribution in [0, 0.1) is 13.8 Å². The number of methoxy groups -OCH3 is 1. The zero-order chi connectivity index (χ0) is 25.1. The number of fused-ring (bicyclic) bond motifs is 1. The molecule has 1 N–H and O–H groups in total. The lowest BCUT2D eigenvalue weighted by atomic mass is 9.88. The molecule has 6 nitrogen and oxygen atoms in total. The van der Waals surface area contributed by atoms with Crippen molar-refractivity contribution in [3.8, 4) is 22.4 Å². The molecule has 186 valence electrons. The predicted octanol–water partition coefficient (Wildman–Crippen LogP) is 5.50. The van der Waals surface area contributed by atoms with E-state index in [9.17, 15) is 4.79 Å². The highest BCUT2D eigenvalue weighted by atomic mass is 16.5. The van der Waals surface area contributed by atoms with Gasteiger partial charge >= 0.3 is 0 Å². The van der Waals surface area contributed by atoms with Gasteiger partial charge in [0, 0.05) is 38.9 Å². The Bertz CT molecular complexity index is 1210. The van der Waals surface area contributed by atoms with Crippen LogP contribution in [0.1, 0.15) is 65.1 Å². The van der Waals surface area contributed by atoms with E-state index >= 15 is 0 Å². The summed E-state index contributed by atoms with van der Waals surface area (Å²) in [5, 5.41) is 7.34. The van der Waals surface area contributed by atoms with Gasteiger partial charge in [0.1, 0.15) is 5.69 Å². The summed E-state index contributed by atoms with van der Waals surface area (Å²) in [6, 6.07) is 10.9. The standard InChI is InChI=1S/C29H37N3O3/c1-7-30-29(33)28-26(22-8-9-23-17-32(12-13-34-6)11-10-21(23)15-22)27(31-35-28)25-16-24(18(2)3)19(4)14-20(25)5/h8-9,14-16,18H,7,10-13,17H2,1-6H3,(H,30,33). The molecule has 1 aromatic heterocycles. The van der Waals surface area contributed by atoms with Crippen molar-refractivity contribution in [2.75, 3.05) is 33.4 Å². The molecule has 0 fully saturated rings. The highest BCUT2D eigenvalue weighted by molar-refractivity contribution is 6.02. The minimum absolute atomic E-state index is 0.237. The number of hydrogen-bond donors (Lipinski definition) is 1. The van der Waals surface area contributed by atoms with Gasteiger partial charge in [-0.2, -0.15) is 0 Å². The molecule has 0 saturated carbocycles. The molecule has 1 aliphatic heterocycles. The van der Waals surface area contributed by atoms with Gasteiger partial charge in [-0.25, -0.2) is 0 Å². The molecular formula is C29H37N3O3. The molecule has 1 aliphatic rings. The van der Waals surface area contributed by atoms with E-state index in [0.717, 1.165) is 60.6 Å². The number of aromatic nitrogens is 1. The molecule has 4 rings (SSSR count). The first kappa shape index (κ1) is 25.1. The molecule has 2 aromatic carbocycles. The summed E-state index contributed by atoms with van der Waals surface area (Å²) in [7, 11) is 1.74. The summed E-state index contributed by atoms with van der Waals surface area (Å²) in [4.78, 5) is 15.4. The third-order valence-electron chi connectivity index (χ3n) is 6.92. The maximum atomic E-state index is 13.0. The van der Waals surface area contributed by atoms with Crippen LogP contribution < -0.4 is 5.32 Å². The summed E-state index contributed by atoms with van der Waals surface area (Å²) in [5.74, 6) is 0.418. The van der Waals surface area contributed by atoms with Gasteiger partial charge in [-0.3, -0.25) is 9.69 Å². The average Bonchev–Trinajstić information content (AvgIpc) is 3.27. The Morgan fingerprint density at radius 3 is 2.69 bits per heavy atom. The second-order valence-corrected chi connectivity index (χ2v) is 9.78. The lowest BCUT2D eigenvalue weighted by Gasteiger charge is -2.28. The van der Waals surface area contributed by atoms with Crippen LogP contribution in [0.5, 0.6) is 0 Å². The summed E-state index contributed by atoms with van der Waals surface area (Å²) in [6.45, 7) is 14.6. The van der Waals surface area contributed by atoms with Crippen molar-refractivity contribution in [3.05, 3.63) is 63.9 Å². The largest absolute Gasteiger partial charge is 0.383 e. The zero-order valence-corrected chi connectivity index (χ0v) is 21.8. The number of carbonyl (C=O) groups excluding carboxylic acids is 1. The van der Waals surface area contributed by atoms with Gasteiger partial charge < -0.3 is 14.6 Å². The number of amides is 1. The molecule has 0 aliphatic carbocycles. The Labute approximate surface area is 208 Å². The van der Waals surface area contributed by atoms with Crippen molar-refractivity contribution in [1.29, 1.82) is 0 Å². The van der Waals surface area contributed by atoms with Gasteiger partial charge in [0.25, 0.3) is 5.91 Å². The van der Waals surface area contributed by atoms with E-state index in [2.05, 4.69) is 73.4 Å². The van der Waals surface area contributed by atoms with Crippen LogP contribution in [0.4, 0.5) is 0 Å². The number of hydrogen-bond acceptors (Lipinski definition) is 5. The van der Waals surface area contributed by atoms with Crippen LogP contribution in [-0.2, 0) is 17.7 Å². The number of rotatable bonds is 8. The van der Waals surface area contributed by atoms with E-state index in [4.69, 9.17) is 9.26 Å². The van der Waals surface area contributed by atoms with Crippen molar-refractivity contribution >= 4 is 5.91 Å². The molecule has 0 saturated heterocycles. The van der Waals surface area contributed by atoms with E-state index < -0.39 is 0 Å². The molecule has 0 spiro atoms. The van der Waals surface area contributed by atoms with Crippen LogP contribution in [-0.4, -0.2) is 49.3 Å². The first-order valence-corrected chi connectivity index (χ1v) is 12.6. The second-order valence-electron chi connectivity index (χ2n) is 9.78. The van der Waals surface area contributed by atoms with Crippen molar-refractivity contribution in [1.82, 2.24) is 15.4 Å². The molecule has 0 radical (unpaired) electrons. The SMILES string of the molecule is CCNC(=O)c1onc(-c2cc(C(C)C)c(C)cc2C)c1-c1ccc2c(c1)CCN(CCOC)C2. The van der Waals surface area contributed by atoms with Crippen molar-refractivity contribution in [2.45, 2.75) is 53.5 Å². The maximum absolute atomic E-state index is 13.0. The third kappa shape index (κ3) is 5.19. The predicted molar refractivity (Wildman–Crippen MR) is 140 cm³/mol. The quantitative estimate of drug-likeness (QED) is 0.466. The minimum atomic E-state index is -0.237. The molecule has 1 amide bonds. The molecule has 3 aromatic rings. The van der Waals surface area contributed by atoms with E-state index in [1.807, 2.05) is 6.92 Å². The first-order valence-electron chi connectivity index (χ1n) is 12.6. The summed E-state index contributed by atoms with van der Waals surface area (Å²) >= 11 is 0. The second kappa shape index (κ2) is 10.8. The third-order valence-corrected chi connectivity index (χ3v) is 6.92. The van der Waals surface area contributed by atoms with Gasteiger partial charge in [-0.15, -0.1) is 0 Å². The van der Waals surface area contributed by atoms with Crippen molar-refractivity contribution in [3.63, 3.8) is 0 Å². The number of nitrogens with zero attached hydrogens (tertiary/aromatic N) is 2. The number of benzene rings is 2. The monoisotopic (exact) mass is 475 g/mol. The molecule has 2 heterocycles. The summed E-state index contributed by atoms with van der Waals surface area (Å²) < 4.78 is 11.0. The van der Waals surface area contributed by atoms with Gasteiger partial charge in [0.15, 0.2) is 0 Å². The van der Waals surface area contributed by atoms with E-state index in [-0.39, 0.29) is 11.7 Å². The Morgan fingerprint density at radius 1 is 1.17 bits per heavy atom. The Kier molecular flexibility index (Phi) is 7.72. The Balaban J connectivity index is 1.81. The number of nitrogens with one attached hydrogen (secondary N) is 1. The fourth-order valence-corrected chi connectivity index (χ4v) is 5.06. The molecule has 6 heteroatoms. The molecule has 0 atom stereocenters. The van der Waals surface area contributed by atoms with Crippen molar-refractivity contribution < 1.29 is 14.1 Å². The van der Waals surface area contributed by atoms with Gasteiger partial charge in [-0.1, -0.05) is 43.3 Å². The number of carbonyl (C=O) groups is 1. The molecule has 0 unspecified atom stereocenters. The van der Waals surface area contributed by atoms with Crippen LogP contribution >= 0.6 is 0 Å². The van der Waals surface area contributed by atoms with Crippen LogP contribution in [0.15, 0.2) is 34.9 Å². The van der Waals surface area contributed by atoms with Crippen LogP contribution in [0.25, 0.3) is 22.4 Å². The van der Waals surface area contributed by atoms with Crippen molar-refractivity contribution in [2.24, 2.45) is 0 Å². The Morgan fingerprint density at radius 2 is 1.97 bits per heavy atom. The molecular weight excluding hydrogens is 438 g/mol. The smallest absolute Gasteiger partial charge is 0.290 e. The van der Waals surface area contributed by atoms with Gasteiger partial charge in [0.05, 0.1) is 12.2 Å². The fraction of sp³-hybridized carbons (Fsp3) is 0.448. The summed E-state index contributed by atoms with van der Waals surface area (Å²) in [5.41, 5.74) is 9.77. The van der Waals surface area contributed by atoms with Crippen LogP contribution in [0.3, 0.4) is 0 Å². The molecule has 0 bridgehead atoms. The summed E-state index contributed by atoms with van der Waals surface area (Å²) in [6.07, 6.45) is 0.963. The topological polar surface area (TPSA) is 67.6 Å². The molecule has 35 heavy (non-hydrogen) atoms. The lowest BCUT2D eigenvalue weighted by molar-refractivity contribution is 0.0920. The maximum Gasteiger partial charge on any atom is 0.290 e. The fourth-order valence-electron chi connectivity index (χ4n) is 5.06. The highest BCUT2D eigenvalue weighted by Crippen LogP contribution is 2.39. The van der Waals surface area contributed by atoms with E-state index in [1.54, 1.807) is 7.11 Å². The Hall–Kier alpha value is -2.96. The normalized spacial score (nSPS) is 13.8. The minimum Gasteiger partial charge on any atom is -0.383 e. The first-order chi connectivity index (χ1) is 16.8. The van der Waals surface area contributed by atoms with Gasteiger partial charge in [-0.05, 0) is 72.6 Å². The lowest BCUT2D eigenvalue weighted by Crippen LogP contribution is -2.33. The van der Waals surface area contributed by atoms with Gasteiger partial charge in [0.2, 0.25) is 5.76 Å². The zero-order valence-electron chi connectivity index (χ0n) is 21.8. The highest BCUT2D eigenvalue weighted by Gasteiger charge is 2.27. The number of aryl methyl sites for hydroxylation is 2. The van der Waals surface area contributed by atoms with Crippen LogP contribution in [0.2, 0.25) is 0 Å². The average molecular weight is 476 g/mol. The van der Waals surface area contributed by atoms with E-state index in [1.165, 1.54) is 22.3 Å². The van der Waals surface area contributed by atoms with E-state index in [0.29, 0.717) is 12.5 Å². The number of ether oxygens (including phenoxy) is 1.